The number of hydrogen-bond donors (Lipinski definition) is 0. The Morgan fingerprint density at radius 3 is 2.95 bits per heavy atom. The van der Waals surface area contributed by atoms with Crippen LogP contribution in [0, 0.1) is 11.8 Å². The largest absolute Gasteiger partial charge is 0.379 e. The van der Waals surface area contributed by atoms with E-state index in [2.05, 4.69) is 11.8 Å². The van der Waals surface area contributed by atoms with E-state index in [4.69, 9.17) is 27.9 Å². The van der Waals surface area contributed by atoms with E-state index in [1.54, 1.807) is 11.0 Å². The molecule has 21 heavy (non-hydrogen) atoms. The fourth-order valence-corrected chi connectivity index (χ4v) is 2.51. The Hall–Kier alpha value is -1.21. The molecule has 1 unspecified atom stereocenters. The quantitative estimate of drug-likeness (QED) is 0.741. The second-order valence-electron chi connectivity index (χ2n) is 4.85. The molecule has 1 fully saturated rings. The van der Waals surface area contributed by atoms with Gasteiger partial charge in [-0.2, -0.15) is 0 Å². The molecule has 0 N–H and O–H groups in total. The number of carbonyl (C=O) groups is 1. The lowest BCUT2D eigenvalue weighted by molar-refractivity contribution is -0.125. The summed E-state index contributed by atoms with van der Waals surface area (Å²) in [5.74, 6) is 5.41. The number of rotatable bonds is 1. The van der Waals surface area contributed by atoms with Crippen molar-refractivity contribution in [3.05, 3.63) is 33.8 Å². The molecule has 5 heteroatoms. The molecule has 0 bridgehead atoms. The number of nitrogens with zero attached hydrogens (tertiary/aromatic N) is 1. The highest BCUT2D eigenvalue weighted by molar-refractivity contribution is 6.42. The fourth-order valence-electron chi connectivity index (χ4n) is 2.21. The van der Waals surface area contributed by atoms with Crippen LogP contribution in [0.2, 0.25) is 10.0 Å². The number of ether oxygens (including phenoxy) is 1. The van der Waals surface area contributed by atoms with E-state index in [1.165, 1.54) is 0 Å². The summed E-state index contributed by atoms with van der Waals surface area (Å²) in [6.07, 6.45) is 0.673. The van der Waals surface area contributed by atoms with E-state index in [0.717, 1.165) is 5.56 Å². The molecule has 1 amide bonds. The first-order valence-electron chi connectivity index (χ1n) is 6.92. The summed E-state index contributed by atoms with van der Waals surface area (Å²) in [6.45, 7) is 4.15. The highest BCUT2D eigenvalue weighted by atomic mass is 35.5. The van der Waals surface area contributed by atoms with Gasteiger partial charge in [0.25, 0.3) is 5.91 Å². The van der Waals surface area contributed by atoms with Crippen LogP contribution in [0.1, 0.15) is 24.8 Å². The zero-order valence-electron chi connectivity index (χ0n) is 11.9. The van der Waals surface area contributed by atoms with E-state index >= 15 is 0 Å². The standard InChI is InChI=1S/C16H17Cl2NO2/c1-2-3-4-16(20)19-7-8-21-11-13(10-19)12-5-6-14(17)15(18)9-12/h5-6,9,13H,2,7-8,10-11H2,1H3. The van der Waals surface area contributed by atoms with Gasteiger partial charge in [-0.1, -0.05) is 42.1 Å². The Balaban J connectivity index is 2.15. The Morgan fingerprint density at radius 2 is 2.24 bits per heavy atom. The minimum atomic E-state index is -0.146. The van der Waals surface area contributed by atoms with Gasteiger partial charge < -0.3 is 9.64 Å². The van der Waals surface area contributed by atoms with Crippen LogP contribution in [0.5, 0.6) is 0 Å². The molecule has 0 radical (unpaired) electrons. The molecule has 1 atom stereocenters. The highest BCUT2D eigenvalue weighted by Crippen LogP contribution is 2.28. The SMILES string of the molecule is CCC#CC(=O)N1CCOCC(c2ccc(Cl)c(Cl)c2)C1. The summed E-state index contributed by atoms with van der Waals surface area (Å²) in [6, 6.07) is 5.53. The van der Waals surface area contributed by atoms with Gasteiger partial charge in [-0.3, -0.25) is 4.79 Å². The van der Waals surface area contributed by atoms with Gasteiger partial charge >= 0.3 is 0 Å². The number of amides is 1. The molecule has 0 spiro atoms. The summed E-state index contributed by atoms with van der Waals surface area (Å²) in [5, 5.41) is 1.04. The molecule has 112 valence electrons. The Kier molecular flexibility index (Phi) is 5.93. The maximum absolute atomic E-state index is 12.1. The van der Waals surface area contributed by atoms with Crippen LogP contribution >= 0.6 is 23.2 Å². The summed E-state index contributed by atoms with van der Waals surface area (Å²) in [7, 11) is 0. The van der Waals surface area contributed by atoms with Crippen molar-refractivity contribution in [2.45, 2.75) is 19.3 Å². The van der Waals surface area contributed by atoms with Crippen molar-refractivity contribution in [1.82, 2.24) is 4.90 Å². The molecular weight excluding hydrogens is 309 g/mol. The second kappa shape index (κ2) is 7.70. The molecule has 1 aliphatic heterocycles. The smallest absolute Gasteiger partial charge is 0.298 e. The molecule has 1 heterocycles. The van der Waals surface area contributed by atoms with Crippen LogP contribution in [0.15, 0.2) is 18.2 Å². The lowest BCUT2D eigenvalue weighted by atomic mass is 9.99. The highest BCUT2D eigenvalue weighted by Gasteiger charge is 2.23. The Labute approximate surface area is 135 Å². The van der Waals surface area contributed by atoms with Crippen molar-refractivity contribution in [1.29, 1.82) is 0 Å². The average Bonchev–Trinajstić information content (AvgIpc) is 2.73. The third kappa shape index (κ3) is 4.38. The molecule has 0 aliphatic carbocycles. The minimum absolute atomic E-state index is 0.0784. The third-order valence-corrected chi connectivity index (χ3v) is 4.08. The molecule has 0 aromatic heterocycles. The molecule has 1 aromatic rings. The third-order valence-electron chi connectivity index (χ3n) is 3.34. The van der Waals surface area contributed by atoms with Gasteiger partial charge in [-0.15, -0.1) is 0 Å². The number of hydrogen-bond acceptors (Lipinski definition) is 2. The van der Waals surface area contributed by atoms with E-state index in [-0.39, 0.29) is 11.8 Å². The zero-order valence-corrected chi connectivity index (χ0v) is 13.4. The predicted octanol–water partition coefficient (Wildman–Crippen LogP) is 3.35. The maximum atomic E-state index is 12.1. The van der Waals surface area contributed by atoms with Gasteiger partial charge in [-0.25, -0.2) is 0 Å². The zero-order chi connectivity index (χ0) is 15.2. The van der Waals surface area contributed by atoms with Crippen molar-refractivity contribution >= 4 is 29.1 Å². The monoisotopic (exact) mass is 325 g/mol. The molecule has 1 aliphatic rings. The first kappa shape index (κ1) is 16.2. The average molecular weight is 326 g/mol. The normalized spacial score (nSPS) is 18.6. The van der Waals surface area contributed by atoms with Gasteiger partial charge in [0.15, 0.2) is 0 Å². The van der Waals surface area contributed by atoms with E-state index in [0.29, 0.717) is 42.8 Å². The number of carbonyl (C=O) groups excluding carboxylic acids is 1. The van der Waals surface area contributed by atoms with Gasteiger partial charge in [0.2, 0.25) is 0 Å². The molecule has 1 saturated heterocycles. The van der Waals surface area contributed by atoms with Crippen molar-refractivity contribution in [2.24, 2.45) is 0 Å². The van der Waals surface area contributed by atoms with Crippen LogP contribution < -0.4 is 0 Å². The van der Waals surface area contributed by atoms with E-state index in [9.17, 15) is 4.79 Å². The van der Waals surface area contributed by atoms with Crippen LogP contribution in [0.3, 0.4) is 0 Å². The van der Waals surface area contributed by atoms with Gasteiger partial charge in [0.1, 0.15) is 0 Å². The lowest BCUT2D eigenvalue weighted by Gasteiger charge is -2.22. The maximum Gasteiger partial charge on any atom is 0.298 e. The first-order chi connectivity index (χ1) is 10.1. The van der Waals surface area contributed by atoms with Crippen LogP contribution in [0.25, 0.3) is 0 Å². The summed E-state index contributed by atoms with van der Waals surface area (Å²) in [4.78, 5) is 13.8. The summed E-state index contributed by atoms with van der Waals surface area (Å²) >= 11 is 12.0. The minimum Gasteiger partial charge on any atom is -0.379 e. The van der Waals surface area contributed by atoms with Crippen molar-refractivity contribution in [3.63, 3.8) is 0 Å². The molecule has 2 rings (SSSR count). The predicted molar refractivity (Wildman–Crippen MR) is 84.7 cm³/mol. The first-order valence-corrected chi connectivity index (χ1v) is 7.68. The van der Waals surface area contributed by atoms with Crippen LogP contribution in [-0.4, -0.2) is 37.1 Å². The Morgan fingerprint density at radius 1 is 1.43 bits per heavy atom. The molecule has 3 nitrogen and oxygen atoms in total. The van der Waals surface area contributed by atoms with Crippen molar-refractivity contribution in [2.75, 3.05) is 26.3 Å². The van der Waals surface area contributed by atoms with E-state index < -0.39 is 0 Å². The summed E-state index contributed by atoms with van der Waals surface area (Å²) < 4.78 is 5.60. The fraction of sp³-hybridized carbons (Fsp3) is 0.438. The van der Waals surface area contributed by atoms with Crippen molar-refractivity contribution in [3.8, 4) is 11.8 Å². The number of halogens is 2. The van der Waals surface area contributed by atoms with Gasteiger partial charge in [-0.05, 0) is 23.6 Å². The van der Waals surface area contributed by atoms with Crippen molar-refractivity contribution < 1.29 is 9.53 Å². The second-order valence-corrected chi connectivity index (χ2v) is 5.67. The van der Waals surface area contributed by atoms with Crippen LogP contribution in [0.4, 0.5) is 0 Å². The van der Waals surface area contributed by atoms with Gasteiger partial charge in [0, 0.05) is 25.4 Å². The van der Waals surface area contributed by atoms with Crippen LogP contribution in [-0.2, 0) is 9.53 Å². The number of benzene rings is 1. The van der Waals surface area contributed by atoms with E-state index in [1.807, 2.05) is 19.1 Å². The molecule has 1 aromatic carbocycles. The lowest BCUT2D eigenvalue weighted by Crippen LogP contribution is -2.34. The molecule has 0 saturated carbocycles. The summed E-state index contributed by atoms with van der Waals surface area (Å²) in [5.41, 5.74) is 1.02. The topological polar surface area (TPSA) is 29.5 Å². The van der Waals surface area contributed by atoms with Gasteiger partial charge in [0.05, 0.1) is 23.3 Å². The Bertz CT molecular complexity index is 577. The molecular formula is C16H17Cl2NO2.